The van der Waals surface area contributed by atoms with Gasteiger partial charge in [-0.25, -0.2) is 0 Å². The molecule has 2 N–H and O–H groups in total. The van der Waals surface area contributed by atoms with Gasteiger partial charge in [-0.2, -0.15) is 0 Å². The highest BCUT2D eigenvalue weighted by Crippen LogP contribution is 2.27. The monoisotopic (exact) mass is 237 g/mol. The van der Waals surface area contributed by atoms with Crippen molar-refractivity contribution in [1.82, 2.24) is 0 Å². The van der Waals surface area contributed by atoms with Gasteiger partial charge in [-0.15, -0.1) is 0 Å². The molecule has 2 rings (SSSR count). The first-order valence-corrected chi connectivity index (χ1v) is 7.28. The second-order valence-corrected chi connectivity index (χ2v) is 6.03. The maximum atomic E-state index is 12.0. The molecule has 1 aliphatic rings. The van der Waals surface area contributed by atoms with Crippen LogP contribution in [0.2, 0.25) is 0 Å². The first-order chi connectivity index (χ1) is 7.77. The van der Waals surface area contributed by atoms with Gasteiger partial charge in [0.25, 0.3) is 0 Å². The van der Waals surface area contributed by atoms with Gasteiger partial charge in [-0.05, 0) is 30.9 Å². The van der Waals surface area contributed by atoms with Crippen molar-refractivity contribution in [3.63, 3.8) is 0 Å². The van der Waals surface area contributed by atoms with Crippen molar-refractivity contribution in [1.29, 1.82) is 0 Å². The quantitative estimate of drug-likeness (QED) is 0.873. The van der Waals surface area contributed by atoms with Gasteiger partial charge in [-0.1, -0.05) is 31.0 Å². The molecule has 0 amide bonds. The van der Waals surface area contributed by atoms with Crippen LogP contribution >= 0.6 is 0 Å². The molecule has 1 saturated carbocycles. The van der Waals surface area contributed by atoms with Gasteiger partial charge in [-0.3, -0.25) is 4.21 Å². The summed E-state index contributed by atoms with van der Waals surface area (Å²) >= 11 is 0. The Kier molecular flexibility index (Phi) is 4.13. The molecule has 16 heavy (non-hydrogen) atoms. The number of nitrogens with two attached hydrogens (primary N) is 1. The van der Waals surface area contributed by atoms with E-state index < -0.39 is 10.8 Å². The first-order valence-electron chi connectivity index (χ1n) is 5.96. The molecule has 0 radical (unpaired) electrons. The van der Waals surface area contributed by atoms with Crippen LogP contribution in [-0.2, 0) is 10.8 Å². The largest absolute Gasteiger partial charge is 0.327 e. The van der Waals surface area contributed by atoms with Crippen LogP contribution in [0.25, 0.3) is 0 Å². The molecule has 1 aromatic rings. The Hall–Kier alpha value is -0.670. The summed E-state index contributed by atoms with van der Waals surface area (Å²) in [5.74, 6) is 1.20. The van der Waals surface area contributed by atoms with E-state index in [-0.39, 0.29) is 6.04 Å². The standard InChI is InChI=1S/C13H19NOS/c14-13(11-6-4-5-7-11)10-16(15)12-8-2-1-3-9-12/h1-3,8-9,11,13H,4-7,10,14H2. The van der Waals surface area contributed by atoms with Gasteiger partial charge >= 0.3 is 0 Å². The molecule has 0 saturated heterocycles. The number of hydrogen-bond acceptors (Lipinski definition) is 2. The van der Waals surface area contributed by atoms with Crippen LogP contribution in [-0.4, -0.2) is 16.0 Å². The second-order valence-electron chi connectivity index (χ2n) is 4.53. The van der Waals surface area contributed by atoms with Crippen LogP contribution < -0.4 is 5.73 Å². The van der Waals surface area contributed by atoms with E-state index >= 15 is 0 Å². The molecule has 88 valence electrons. The lowest BCUT2D eigenvalue weighted by Gasteiger charge is -2.18. The highest BCUT2D eigenvalue weighted by atomic mass is 32.2. The maximum absolute atomic E-state index is 12.0. The van der Waals surface area contributed by atoms with Crippen LogP contribution in [0.4, 0.5) is 0 Å². The van der Waals surface area contributed by atoms with E-state index in [0.29, 0.717) is 11.7 Å². The van der Waals surface area contributed by atoms with Crippen LogP contribution in [0.3, 0.4) is 0 Å². The number of benzene rings is 1. The molecule has 2 nitrogen and oxygen atoms in total. The Morgan fingerprint density at radius 3 is 2.50 bits per heavy atom. The Morgan fingerprint density at radius 1 is 1.25 bits per heavy atom. The van der Waals surface area contributed by atoms with Gasteiger partial charge in [0.05, 0.1) is 10.8 Å². The zero-order chi connectivity index (χ0) is 11.4. The van der Waals surface area contributed by atoms with Gasteiger partial charge in [0.1, 0.15) is 0 Å². The Morgan fingerprint density at radius 2 is 1.88 bits per heavy atom. The SMILES string of the molecule is NC(CS(=O)c1ccccc1)C1CCCC1. The molecule has 1 fully saturated rings. The average Bonchev–Trinajstić information content (AvgIpc) is 2.83. The molecule has 0 aliphatic heterocycles. The summed E-state index contributed by atoms with van der Waals surface area (Å²) < 4.78 is 12.0. The zero-order valence-corrected chi connectivity index (χ0v) is 10.3. The molecule has 3 heteroatoms. The van der Waals surface area contributed by atoms with Crippen LogP contribution in [0.15, 0.2) is 35.2 Å². The summed E-state index contributed by atoms with van der Waals surface area (Å²) in [5.41, 5.74) is 6.12. The van der Waals surface area contributed by atoms with E-state index in [1.54, 1.807) is 0 Å². The molecular weight excluding hydrogens is 218 g/mol. The Balaban J connectivity index is 1.92. The van der Waals surface area contributed by atoms with Crippen molar-refractivity contribution in [3.05, 3.63) is 30.3 Å². The summed E-state index contributed by atoms with van der Waals surface area (Å²) in [6, 6.07) is 9.72. The number of rotatable bonds is 4. The molecule has 1 aliphatic carbocycles. The zero-order valence-electron chi connectivity index (χ0n) is 9.47. The summed E-state index contributed by atoms with van der Waals surface area (Å²) in [6.07, 6.45) is 5.01. The van der Waals surface area contributed by atoms with Gasteiger partial charge in [0, 0.05) is 16.7 Å². The van der Waals surface area contributed by atoms with Crippen molar-refractivity contribution in [2.75, 3.05) is 5.75 Å². The molecule has 0 spiro atoms. The topological polar surface area (TPSA) is 43.1 Å². The van der Waals surface area contributed by atoms with E-state index in [0.717, 1.165) is 4.90 Å². The van der Waals surface area contributed by atoms with Crippen LogP contribution in [0, 0.1) is 5.92 Å². The average molecular weight is 237 g/mol. The summed E-state index contributed by atoms with van der Waals surface area (Å²) in [6.45, 7) is 0. The third-order valence-electron chi connectivity index (χ3n) is 3.36. The maximum Gasteiger partial charge on any atom is 0.0545 e. The van der Waals surface area contributed by atoms with Gasteiger partial charge in [0.2, 0.25) is 0 Å². The summed E-state index contributed by atoms with van der Waals surface area (Å²) in [5, 5.41) is 0. The minimum absolute atomic E-state index is 0.100. The third-order valence-corrected chi connectivity index (χ3v) is 4.84. The first kappa shape index (κ1) is 11.8. The van der Waals surface area contributed by atoms with Gasteiger partial charge < -0.3 is 5.73 Å². The molecule has 2 atom stereocenters. The fraction of sp³-hybridized carbons (Fsp3) is 0.538. The van der Waals surface area contributed by atoms with E-state index in [1.165, 1.54) is 25.7 Å². The van der Waals surface area contributed by atoms with Crippen molar-refractivity contribution < 1.29 is 4.21 Å². The van der Waals surface area contributed by atoms with E-state index in [1.807, 2.05) is 30.3 Å². The minimum atomic E-state index is -0.935. The predicted molar refractivity (Wildman–Crippen MR) is 67.7 cm³/mol. The van der Waals surface area contributed by atoms with E-state index in [2.05, 4.69) is 0 Å². The lowest BCUT2D eigenvalue weighted by atomic mass is 10.0. The predicted octanol–water partition coefficient (Wildman–Crippen LogP) is 2.31. The molecule has 0 aromatic heterocycles. The van der Waals surface area contributed by atoms with E-state index in [4.69, 9.17) is 5.73 Å². The summed E-state index contributed by atoms with van der Waals surface area (Å²) in [4.78, 5) is 0.899. The van der Waals surface area contributed by atoms with Crippen LogP contribution in [0.1, 0.15) is 25.7 Å². The smallest absolute Gasteiger partial charge is 0.0545 e. The fourth-order valence-corrected chi connectivity index (χ4v) is 3.64. The molecule has 0 heterocycles. The minimum Gasteiger partial charge on any atom is -0.327 e. The third kappa shape index (κ3) is 2.92. The molecule has 1 aromatic carbocycles. The second kappa shape index (κ2) is 5.60. The molecular formula is C13H19NOS. The number of hydrogen-bond donors (Lipinski definition) is 1. The molecule has 0 bridgehead atoms. The highest BCUT2D eigenvalue weighted by molar-refractivity contribution is 7.85. The highest BCUT2D eigenvalue weighted by Gasteiger charge is 2.23. The Bertz CT molecular complexity index is 346. The van der Waals surface area contributed by atoms with Crippen molar-refractivity contribution in [2.45, 2.75) is 36.6 Å². The van der Waals surface area contributed by atoms with Crippen molar-refractivity contribution in [2.24, 2.45) is 11.7 Å². The molecule has 2 unspecified atom stereocenters. The Labute approximate surface area is 99.7 Å². The van der Waals surface area contributed by atoms with Crippen molar-refractivity contribution >= 4 is 10.8 Å². The fourth-order valence-electron chi connectivity index (χ4n) is 2.36. The lowest BCUT2D eigenvalue weighted by molar-refractivity contribution is 0.460. The normalized spacial score (nSPS) is 20.8. The van der Waals surface area contributed by atoms with Gasteiger partial charge in [0.15, 0.2) is 0 Å². The van der Waals surface area contributed by atoms with Crippen LogP contribution in [0.5, 0.6) is 0 Å². The van der Waals surface area contributed by atoms with Crippen molar-refractivity contribution in [3.8, 4) is 0 Å². The summed E-state index contributed by atoms with van der Waals surface area (Å²) in [7, 11) is -0.935. The van der Waals surface area contributed by atoms with E-state index in [9.17, 15) is 4.21 Å². The lowest BCUT2D eigenvalue weighted by Crippen LogP contribution is -2.34.